The Bertz CT molecular complexity index is 33.9. The number of hydrogen-bond donors (Lipinski definition) is 0. The fraction of sp³-hybridized carbons (Fsp3) is 1.00. The average Bonchev–Trinajstić information content (AvgIpc) is 1.38. The van der Waals surface area contributed by atoms with E-state index in [0.29, 0.717) is 5.54 Å². The summed E-state index contributed by atoms with van der Waals surface area (Å²) in [6, 6.07) is 0. The first-order valence-electron chi connectivity index (χ1n) is 1.72. The fourth-order valence-electron chi connectivity index (χ4n) is 0. The summed E-state index contributed by atoms with van der Waals surface area (Å²) in [7, 11) is -0.519. The van der Waals surface area contributed by atoms with Gasteiger partial charge in [0.25, 0.3) is 9.41 Å². The molecule has 0 radical (unpaired) electrons. The molecular weight excluding hydrogens is 80.1 g/mol. The third kappa shape index (κ3) is 4.02. The summed E-state index contributed by atoms with van der Waals surface area (Å²) in [4.78, 5) is 0. The molecule has 30 valence electrons. The molecule has 0 saturated heterocycles. The number of rotatable bonds is 1. The summed E-state index contributed by atoms with van der Waals surface area (Å²) in [6.45, 7) is 3.89. The van der Waals surface area contributed by atoms with Crippen LogP contribution in [-0.4, -0.2) is 9.41 Å². The van der Waals surface area contributed by atoms with Gasteiger partial charge in [-0.3, -0.25) is 0 Å². The number of hydrogen-bond acceptors (Lipinski definition) is 1. The summed E-state index contributed by atoms with van der Waals surface area (Å²) in [5.74, 6) is 0. The first kappa shape index (κ1) is 5.02. The van der Waals surface area contributed by atoms with Crippen molar-refractivity contribution in [3.05, 3.63) is 0 Å². The summed E-state index contributed by atoms with van der Waals surface area (Å²) in [6.07, 6.45) is 0. The molecule has 0 aliphatic carbocycles. The van der Waals surface area contributed by atoms with Gasteiger partial charge in [0.05, 0.1) is 0 Å². The van der Waals surface area contributed by atoms with Gasteiger partial charge in [-0.1, -0.05) is 13.8 Å². The smallest absolute Gasteiger partial charge is 0.263 e. The normalized spacial score (nSPS) is 8.60. The molecule has 2 heteroatoms. The van der Waals surface area contributed by atoms with E-state index >= 15 is 0 Å². The quantitative estimate of drug-likeness (QED) is 0.429. The van der Waals surface area contributed by atoms with Crippen molar-refractivity contribution in [3.8, 4) is 0 Å². The minimum Gasteiger partial charge on any atom is -0.392 e. The van der Waals surface area contributed by atoms with E-state index in [9.17, 15) is 4.46 Å². The fourth-order valence-corrected chi connectivity index (χ4v) is 0. The Morgan fingerprint density at radius 3 is 1.80 bits per heavy atom. The van der Waals surface area contributed by atoms with Gasteiger partial charge in [-0.25, -0.2) is 0 Å². The van der Waals surface area contributed by atoms with Crippen LogP contribution in [0, 0.1) is 0 Å². The van der Waals surface area contributed by atoms with Crippen molar-refractivity contribution in [1.29, 1.82) is 0 Å². The molecule has 1 nitrogen and oxygen atoms in total. The molecule has 0 heterocycles. The van der Waals surface area contributed by atoms with E-state index in [1.54, 1.807) is 0 Å². The van der Waals surface area contributed by atoms with Crippen LogP contribution in [0.15, 0.2) is 0 Å². The zero-order chi connectivity index (χ0) is 4.28. The van der Waals surface area contributed by atoms with Gasteiger partial charge in [-0.05, 0) is 5.54 Å². The summed E-state index contributed by atoms with van der Waals surface area (Å²) < 4.78 is 9.71. The largest absolute Gasteiger partial charge is 0.392 e. The third-order valence-electron chi connectivity index (χ3n) is 0.272. The Balaban J connectivity index is 2.83. The van der Waals surface area contributed by atoms with Crippen molar-refractivity contribution in [2.24, 2.45) is 0 Å². The van der Waals surface area contributed by atoms with Crippen molar-refractivity contribution in [2.75, 3.05) is 0 Å². The summed E-state index contributed by atoms with van der Waals surface area (Å²) in [5, 5.41) is 0. The second kappa shape index (κ2) is 2.27. The van der Waals surface area contributed by atoms with Crippen molar-refractivity contribution < 1.29 is 4.46 Å². The molecule has 0 unspecified atom stereocenters. The van der Waals surface area contributed by atoms with Gasteiger partial charge in [0.1, 0.15) is 0 Å². The lowest BCUT2D eigenvalue weighted by molar-refractivity contribution is 0.569. The maximum Gasteiger partial charge on any atom is 0.263 e. The third-order valence-corrected chi connectivity index (χ3v) is 0.816. The Kier molecular flexibility index (Phi) is 2.27. The van der Waals surface area contributed by atoms with Crippen molar-refractivity contribution >= 4 is 9.41 Å². The van der Waals surface area contributed by atoms with Crippen LogP contribution in [0.4, 0.5) is 0 Å². The predicted molar refractivity (Wildman–Crippen MR) is 22.9 cm³/mol. The van der Waals surface area contributed by atoms with E-state index in [-0.39, 0.29) is 0 Å². The van der Waals surface area contributed by atoms with Crippen LogP contribution >= 0.6 is 0 Å². The monoisotopic (exact) mass is 88.0 g/mol. The highest BCUT2D eigenvalue weighted by Gasteiger charge is 1.82. The molecular formula is C3H8OSi. The van der Waals surface area contributed by atoms with Crippen LogP contribution in [0.1, 0.15) is 13.8 Å². The molecule has 0 N–H and O–H groups in total. The highest BCUT2D eigenvalue weighted by Crippen LogP contribution is 1.87. The molecule has 0 aromatic rings. The van der Waals surface area contributed by atoms with Crippen LogP contribution in [0.3, 0.4) is 0 Å². The van der Waals surface area contributed by atoms with Gasteiger partial charge in [0, 0.05) is 0 Å². The van der Waals surface area contributed by atoms with Gasteiger partial charge >= 0.3 is 0 Å². The molecule has 0 aliphatic heterocycles. The zero-order valence-electron chi connectivity index (χ0n) is 3.56. The standard InChI is InChI=1S/C3H8OSi/c1-3(2)5-4/h3,5H,1-2H3. The van der Waals surface area contributed by atoms with Crippen LogP contribution in [0.25, 0.3) is 0 Å². The lowest BCUT2D eigenvalue weighted by Gasteiger charge is -1.77. The van der Waals surface area contributed by atoms with Gasteiger partial charge < -0.3 is 4.46 Å². The Morgan fingerprint density at radius 2 is 1.80 bits per heavy atom. The van der Waals surface area contributed by atoms with Crippen molar-refractivity contribution in [1.82, 2.24) is 0 Å². The first-order valence-corrected chi connectivity index (χ1v) is 2.86. The van der Waals surface area contributed by atoms with Gasteiger partial charge in [0.2, 0.25) is 0 Å². The molecule has 0 amide bonds. The van der Waals surface area contributed by atoms with Crippen LogP contribution in [-0.2, 0) is 4.46 Å². The lowest BCUT2D eigenvalue weighted by atomic mass is 10.6. The molecule has 0 atom stereocenters. The van der Waals surface area contributed by atoms with Crippen LogP contribution in [0.5, 0.6) is 0 Å². The zero-order valence-corrected chi connectivity index (χ0v) is 4.72. The van der Waals surface area contributed by atoms with Gasteiger partial charge in [-0.2, -0.15) is 0 Å². The van der Waals surface area contributed by atoms with Crippen molar-refractivity contribution in [2.45, 2.75) is 19.4 Å². The second-order valence-corrected chi connectivity index (χ2v) is 2.99. The molecule has 0 fully saturated rings. The Hall–Kier alpha value is 0.0169. The Labute approximate surface area is 34.3 Å². The molecule has 0 saturated carbocycles. The van der Waals surface area contributed by atoms with Crippen molar-refractivity contribution in [3.63, 3.8) is 0 Å². The molecule has 0 aromatic carbocycles. The average molecular weight is 88.2 g/mol. The molecule has 5 heavy (non-hydrogen) atoms. The maximum absolute atomic E-state index is 9.71. The molecule has 0 rings (SSSR count). The van der Waals surface area contributed by atoms with E-state index < -0.39 is 9.41 Å². The molecule has 0 aliphatic rings. The Morgan fingerprint density at radius 1 is 1.60 bits per heavy atom. The van der Waals surface area contributed by atoms with E-state index in [2.05, 4.69) is 0 Å². The van der Waals surface area contributed by atoms with E-state index in [1.165, 1.54) is 0 Å². The maximum atomic E-state index is 9.71. The first-order chi connectivity index (χ1) is 2.27. The SMILES string of the molecule is CC(C)[SiH]=O. The summed E-state index contributed by atoms with van der Waals surface area (Å²) >= 11 is 0. The molecule has 0 spiro atoms. The van der Waals surface area contributed by atoms with E-state index in [1.807, 2.05) is 13.8 Å². The van der Waals surface area contributed by atoms with E-state index in [0.717, 1.165) is 0 Å². The lowest BCUT2D eigenvalue weighted by Crippen LogP contribution is -1.76. The highest BCUT2D eigenvalue weighted by atomic mass is 28.2. The van der Waals surface area contributed by atoms with Gasteiger partial charge in [0.15, 0.2) is 0 Å². The van der Waals surface area contributed by atoms with E-state index in [4.69, 9.17) is 0 Å². The van der Waals surface area contributed by atoms with Gasteiger partial charge in [-0.15, -0.1) is 0 Å². The highest BCUT2D eigenvalue weighted by molar-refractivity contribution is 6.18. The minimum absolute atomic E-state index is 0.412. The van der Waals surface area contributed by atoms with Crippen LogP contribution < -0.4 is 0 Å². The second-order valence-electron chi connectivity index (χ2n) is 1.38. The predicted octanol–water partition coefficient (Wildman–Crippen LogP) is 0.597. The van der Waals surface area contributed by atoms with Crippen LogP contribution in [0.2, 0.25) is 5.54 Å². The molecule has 0 aromatic heterocycles. The minimum atomic E-state index is -0.519. The topological polar surface area (TPSA) is 17.1 Å². The molecule has 0 bridgehead atoms. The summed E-state index contributed by atoms with van der Waals surface area (Å²) in [5.41, 5.74) is 0.412.